The molecule has 0 aliphatic rings. The van der Waals surface area contributed by atoms with Crippen LogP contribution in [-0.4, -0.2) is 24.5 Å². The summed E-state index contributed by atoms with van der Waals surface area (Å²) in [6.07, 6.45) is 1.67. The molecule has 1 heterocycles. The van der Waals surface area contributed by atoms with E-state index in [0.29, 0.717) is 18.2 Å². The van der Waals surface area contributed by atoms with Gasteiger partial charge in [-0.05, 0) is 30.2 Å². The van der Waals surface area contributed by atoms with Crippen LogP contribution < -0.4 is 10.2 Å². The van der Waals surface area contributed by atoms with Gasteiger partial charge in [0.2, 0.25) is 0 Å². The summed E-state index contributed by atoms with van der Waals surface area (Å²) in [5, 5.41) is 2.88. The molecule has 0 atom stereocenters. The fraction of sp³-hybridized carbons (Fsp3) is 0.294. The highest BCUT2D eigenvalue weighted by molar-refractivity contribution is 5.93. The molecule has 110 valence electrons. The number of anilines is 2. The zero-order valence-electron chi connectivity index (χ0n) is 12.7. The molecular formula is C17H21N3O. The van der Waals surface area contributed by atoms with E-state index < -0.39 is 0 Å². The van der Waals surface area contributed by atoms with E-state index in [1.165, 1.54) is 0 Å². The first-order valence-corrected chi connectivity index (χ1v) is 7.11. The van der Waals surface area contributed by atoms with Gasteiger partial charge in [0.25, 0.3) is 5.91 Å². The molecule has 1 N–H and O–H groups in total. The minimum absolute atomic E-state index is 0.132. The monoisotopic (exact) mass is 283 g/mol. The van der Waals surface area contributed by atoms with Crippen LogP contribution in [0.25, 0.3) is 0 Å². The van der Waals surface area contributed by atoms with Crippen molar-refractivity contribution in [3.63, 3.8) is 0 Å². The van der Waals surface area contributed by atoms with Crippen molar-refractivity contribution in [1.82, 2.24) is 10.3 Å². The summed E-state index contributed by atoms with van der Waals surface area (Å²) in [7, 11) is 1.97. The van der Waals surface area contributed by atoms with Crippen molar-refractivity contribution in [3.05, 3.63) is 54.4 Å². The number of nitrogens with one attached hydrogen (secondary N) is 1. The maximum Gasteiger partial charge on any atom is 0.269 e. The van der Waals surface area contributed by atoms with E-state index in [2.05, 4.69) is 24.1 Å². The van der Waals surface area contributed by atoms with Gasteiger partial charge >= 0.3 is 0 Å². The van der Waals surface area contributed by atoms with Gasteiger partial charge in [0.1, 0.15) is 5.69 Å². The molecule has 1 amide bonds. The molecule has 0 saturated carbocycles. The second-order valence-corrected chi connectivity index (χ2v) is 5.40. The van der Waals surface area contributed by atoms with Crippen LogP contribution in [0.5, 0.6) is 0 Å². The maximum absolute atomic E-state index is 12.1. The average molecular weight is 283 g/mol. The Morgan fingerprint density at radius 2 is 1.90 bits per heavy atom. The molecule has 4 heteroatoms. The molecule has 4 nitrogen and oxygen atoms in total. The minimum Gasteiger partial charge on any atom is -0.350 e. The lowest BCUT2D eigenvalue weighted by Gasteiger charge is -2.19. The quantitative estimate of drug-likeness (QED) is 0.916. The van der Waals surface area contributed by atoms with Crippen molar-refractivity contribution in [2.24, 2.45) is 5.92 Å². The third-order valence-corrected chi connectivity index (χ3v) is 3.18. The Kier molecular flexibility index (Phi) is 4.93. The van der Waals surface area contributed by atoms with Crippen molar-refractivity contribution < 1.29 is 4.79 Å². The average Bonchev–Trinajstić information content (AvgIpc) is 2.52. The zero-order chi connectivity index (χ0) is 15.2. The SMILES string of the molecule is CC(C)CNC(=O)c1cc(N(C)c2ccccc2)ccn1. The molecule has 1 aromatic heterocycles. The molecule has 0 bridgehead atoms. The number of hydrogen-bond acceptors (Lipinski definition) is 3. The first kappa shape index (κ1) is 15.0. The number of hydrogen-bond donors (Lipinski definition) is 1. The summed E-state index contributed by atoms with van der Waals surface area (Å²) in [5.74, 6) is 0.288. The Morgan fingerprint density at radius 1 is 1.19 bits per heavy atom. The molecule has 0 aliphatic carbocycles. The van der Waals surface area contributed by atoms with E-state index in [1.807, 2.05) is 54.4 Å². The first-order chi connectivity index (χ1) is 10.1. The Bertz CT molecular complexity index is 596. The number of carbonyl (C=O) groups excluding carboxylic acids is 1. The van der Waals surface area contributed by atoms with Gasteiger partial charge in [0, 0.05) is 31.2 Å². The summed E-state index contributed by atoms with van der Waals surface area (Å²) >= 11 is 0. The van der Waals surface area contributed by atoms with Crippen molar-refractivity contribution in [1.29, 1.82) is 0 Å². The fourth-order valence-corrected chi connectivity index (χ4v) is 1.94. The minimum atomic E-state index is -0.132. The van der Waals surface area contributed by atoms with E-state index in [-0.39, 0.29) is 5.91 Å². The van der Waals surface area contributed by atoms with Gasteiger partial charge in [-0.25, -0.2) is 0 Å². The first-order valence-electron chi connectivity index (χ1n) is 7.11. The number of pyridine rings is 1. The van der Waals surface area contributed by atoms with Crippen molar-refractivity contribution in [2.45, 2.75) is 13.8 Å². The van der Waals surface area contributed by atoms with E-state index in [4.69, 9.17) is 0 Å². The van der Waals surface area contributed by atoms with Crippen molar-refractivity contribution in [3.8, 4) is 0 Å². The lowest BCUT2D eigenvalue weighted by molar-refractivity contribution is 0.0944. The van der Waals surface area contributed by atoms with Crippen molar-refractivity contribution in [2.75, 3.05) is 18.5 Å². The summed E-state index contributed by atoms with van der Waals surface area (Å²) in [6, 6.07) is 13.7. The standard InChI is InChI=1S/C17H21N3O/c1-13(2)12-19-17(21)16-11-15(9-10-18-16)20(3)14-7-5-4-6-8-14/h4-11,13H,12H2,1-3H3,(H,19,21). The topological polar surface area (TPSA) is 45.2 Å². The Hall–Kier alpha value is -2.36. The van der Waals surface area contributed by atoms with Crippen LogP contribution >= 0.6 is 0 Å². The Morgan fingerprint density at radius 3 is 2.57 bits per heavy atom. The van der Waals surface area contributed by atoms with Crippen LogP contribution in [0.3, 0.4) is 0 Å². The number of rotatable bonds is 5. The summed E-state index contributed by atoms with van der Waals surface area (Å²) in [6.45, 7) is 4.78. The van der Waals surface area contributed by atoms with Gasteiger partial charge in [-0.15, -0.1) is 0 Å². The molecule has 1 aromatic carbocycles. The Labute approximate surface area is 125 Å². The van der Waals surface area contributed by atoms with Crippen LogP contribution in [0.2, 0.25) is 0 Å². The maximum atomic E-state index is 12.1. The van der Waals surface area contributed by atoms with Gasteiger partial charge in [-0.1, -0.05) is 32.0 Å². The number of carbonyl (C=O) groups is 1. The van der Waals surface area contributed by atoms with Gasteiger partial charge in [0.15, 0.2) is 0 Å². The van der Waals surface area contributed by atoms with Crippen LogP contribution in [0.4, 0.5) is 11.4 Å². The molecule has 2 aromatic rings. The molecule has 2 rings (SSSR count). The lowest BCUT2D eigenvalue weighted by atomic mass is 10.2. The van der Waals surface area contributed by atoms with Crippen molar-refractivity contribution >= 4 is 17.3 Å². The fourth-order valence-electron chi connectivity index (χ4n) is 1.94. The predicted molar refractivity (Wildman–Crippen MR) is 85.9 cm³/mol. The van der Waals surface area contributed by atoms with Gasteiger partial charge in [-0.3, -0.25) is 9.78 Å². The largest absolute Gasteiger partial charge is 0.350 e. The molecule has 0 spiro atoms. The van der Waals surface area contributed by atoms with E-state index in [0.717, 1.165) is 11.4 Å². The molecule has 0 radical (unpaired) electrons. The molecule has 0 saturated heterocycles. The highest BCUT2D eigenvalue weighted by Crippen LogP contribution is 2.22. The third-order valence-electron chi connectivity index (χ3n) is 3.18. The second-order valence-electron chi connectivity index (χ2n) is 5.40. The number of benzene rings is 1. The zero-order valence-corrected chi connectivity index (χ0v) is 12.7. The van der Waals surface area contributed by atoms with Gasteiger partial charge in [0.05, 0.1) is 0 Å². The Balaban J connectivity index is 2.16. The summed E-state index contributed by atoms with van der Waals surface area (Å²) in [5.41, 5.74) is 2.44. The summed E-state index contributed by atoms with van der Waals surface area (Å²) in [4.78, 5) is 18.3. The number of aromatic nitrogens is 1. The predicted octanol–water partition coefficient (Wildman–Crippen LogP) is 3.24. The summed E-state index contributed by atoms with van der Waals surface area (Å²) < 4.78 is 0. The lowest BCUT2D eigenvalue weighted by Crippen LogP contribution is -2.28. The third kappa shape index (κ3) is 4.05. The highest BCUT2D eigenvalue weighted by Gasteiger charge is 2.10. The van der Waals surface area contributed by atoms with Gasteiger partial charge < -0.3 is 10.2 Å². The number of amides is 1. The number of nitrogens with zero attached hydrogens (tertiary/aromatic N) is 2. The van der Waals surface area contributed by atoms with Crippen LogP contribution in [0.15, 0.2) is 48.7 Å². The number of para-hydroxylation sites is 1. The van der Waals surface area contributed by atoms with E-state index in [1.54, 1.807) is 6.20 Å². The second kappa shape index (κ2) is 6.88. The molecule has 0 unspecified atom stereocenters. The highest BCUT2D eigenvalue weighted by atomic mass is 16.1. The van der Waals surface area contributed by atoms with E-state index >= 15 is 0 Å². The van der Waals surface area contributed by atoms with Gasteiger partial charge in [-0.2, -0.15) is 0 Å². The molecule has 0 aliphatic heterocycles. The smallest absolute Gasteiger partial charge is 0.269 e. The normalized spacial score (nSPS) is 10.5. The molecular weight excluding hydrogens is 262 g/mol. The van der Waals surface area contributed by atoms with Crippen LogP contribution in [0, 0.1) is 5.92 Å². The van der Waals surface area contributed by atoms with Crippen LogP contribution in [-0.2, 0) is 0 Å². The molecule has 21 heavy (non-hydrogen) atoms. The molecule has 0 fully saturated rings. The van der Waals surface area contributed by atoms with E-state index in [9.17, 15) is 4.79 Å². The van der Waals surface area contributed by atoms with Crippen LogP contribution in [0.1, 0.15) is 24.3 Å².